The highest BCUT2D eigenvalue weighted by atomic mass is 14.9. The molecule has 1 aliphatic rings. The van der Waals surface area contributed by atoms with E-state index in [2.05, 4.69) is 17.2 Å². The van der Waals surface area contributed by atoms with E-state index in [9.17, 15) is 0 Å². The van der Waals surface area contributed by atoms with E-state index in [-0.39, 0.29) is 0 Å². The molecule has 20 heavy (non-hydrogen) atoms. The molecule has 2 aromatic rings. The summed E-state index contributed by atoms with van der Waals surface area (Å²) in [7, 11) is 2.02. The first kappa shape index (κ1) is 13.2. The van der Waals surface area contributed by atoms with E-state index in [1.54, 1.807) is 12.4 Å². The first-order valence-corrected chi connectivity index (χ1v) is 7.19. The van der Waals surface area contributed by atoms with Crippen LogP contribution in [0.25, 0.3) is 11.4 Å². The average Bonchev–Trinajstić information content (AvgIpc) is 2.49. The fourth-order valence-electron chi connectivity index (χ4n) is 2.95. The van der Waals surface area contributed by atoms with Gasteiger partial charge in [-0.15, -0.1) is 0 Å². The molecule has 4 heteroatoms. The number of aryl methyl sites for hydroxylation is 2. The van der Waals surface area contributed by atoms with Crippen LogP contribution < -0.4 is 5.32 Å². The molecule has 0 fully saturated rings. The van der Waals surface area contributed by atoms with Gasteiger partial charge in [-0.25, -0.2) is 9.97 Å². The number of nitrogens with one attached hydrogen (secondary N) is 1. The number of nitrogens with zero attached hydrogens (tertiary/aromatic N) is 3. The number of rotatable bonds is 3. The summed E-state index contributed by atoms with van der Waals surface area (Å²) in [6.07, 6.45) is 6.94. The second kappa shape index (κ2) is 5.67. The maximum atomic E-state index is 4.78. The van der Waals surface area contributed by atoms with Crippen molar-refractivity contribution in [1.29, 1.82) is 0 Å². The molecule has 0 saturated heterocycles. The molecular formula is C16H20N4. The van der Waals surface area contributed by atoms with Gasteiger partial charge in [0.25, 0.3) is 0 Å². The van der Waals surface area contributed by atoms with Crippen LogP contribution in [0.3, 0.4) is 0 Å². The van der Waals surface area contributed by atoms with Crippen molar-refractivity contribution in [2.75, 3.05) is 13.6 Å². The Morgan fingerprint density at radius 2 is 2.05 bits per heavy atom. The van der Waals surface area contributed by atoms with E-state index in [0.29, 0.717) is 5.92 Å². The number of hydrogen-bond acceptors (Lipinski definition) is 4. The highest BCUT2D eigenvalue weighted by Crippen LogP contribution is 2.27. The predicted octanol–water partition coefficient (Wildman–Crippen LogP) is 2.17. The quantitative estimate of drug-likeness (QED) is 0.927. The molecule has 104 valence electrons. The molecular weight excluding hydrogens is 248 g/mol. The van der Waals surface area contributed by atoms with Crippen LogP contribution in [0.2, 0.25) is 0 Å². The lowest BCUT2D eigenvalue weighted by molar-refractivity contribution is 0.433. The minimum Gasteiger partial charge on any atom is -0.319 e. The summed E-state index contributed by atoms with van der Waals surface area (Å²) in [5.74, 6) is 1.54. The van der Waals surface area contributed by atoms with Crippen molar-refractivity contribution < 1.29 is 0 Å². The normalized spacial score (nSPS) is 17.8. The maximum Gasteiger partial charge on any atom is 0.159 e. The van der Waals surface area contributed by atoms with Crippen molar-refractivity contribution in [3.05, 3.63) is 41.5 Å². The number of hydrogen-bond donors (Lipinski definition) is 1. The smallest absolute Gasteiger partial charge is 0.159 e. The fourth-order valence-corrected chi connectivity index (χ4v) is 2.95. The van der Waals surface area contributed by atoms with Gasteiger partial charge in [-0.3, -0.25) is 4.98 Å². The Kier molecular flexibility index (Phi) is 3.74. The zero-order chi connectivity index (χ0) is 13.9. The van der Waals surface area contributed by atoms with Gasteiger partial charge in [0.15, 0.2) is 5.82 Å². The van der Waals surface area contributed by atoms with Crippen LogP contribution in [0.5, 0.6) is 0 Å². The third-order valence-corrected chi connectivity index (χ3v) is 4.01. The number of fused-ring (bicyclic) bond motifs is 1. The second-order valence-corrected chi connectivity index (χ2v) is 5.46. The molecule has 0 radical (unpaired) electrons. The van der Waals surface area contributed by atoms with Crippen molar-refractivity contribution in [3.8, 4) is 11.4 Å². The molecule has 0 aliphatic heterocycles. The van der Waals surface area contributed by atoms with Crippen molar-refractivity contribution >= 4 is 0 Å². The molecule has 0 aromatic carbocycles. The standard InChI is InChI=1S/C16H20N4/c1-11-14-9-12(10-17-2)3-4-15(14)20-16(19-11)13-5-7-18-8-6-13/h5-8,12,17H,3-4,9-10H2,1-2H3. The number of pyridine rings is 1. The monoisotopic (exact) mass is 268 g/mol. The van der Waals surface area contributed by atoms with Crippen LogP contribution in [0.1, 0.15) is 23.4 Å². The summed E-state index contributed by atoms with van der Waals surface area (Å²) < 4.78 is 0. The Bertz CT molecular complexity index is 595. The summed E-state index contributed by atoms with van der Waals surface area (Å²) in [5.41, 5.74) is 4.76. The van der Waals surface area contributed by atoms with E-state index in [0.717, 1.165) is 36.5 Å². The van der Waals surface area contributed by atoms with E-state index >= 15 is 0 Å². The van der Waals surface area contributed by atoms with Gasteiger partial charge in [-0.05, 0) is 63.4 Å². The molecule has 1 aliphatic carbocycles. The van der Waals surface area contributed by atoms with Gasteiger partial charge in [-0.2, -0.15) is 0 Å². The summed E-state index contributed by atoms with van der Waals surface area (Å²) in [6.45, 7) is 3.18. The lowest BCUT2D eigenvalue weighted by Gasteiger charge is -2.25. The van der Waals surface area contributed by atoms with Gasteiger partial charge in [0, 0.05) is 29.3 Å². The minimum atomic E-state index is 0.710. The molecule has 1 N–H and O–H groups in total. The summed E-state index contributed by atoms with van der Waals surface area (Å²) in [6, 6.07) is 3.93. The van der Waals surface area contributed by atoms with E-state index < -0.39 is 0 Å². The van der Waals surface area contributed by atoms with Crippen LogP contribution in [0, 0.1) is 12.8 Å². The van der Waals surface area contributed by atoms with Gasteiger partial charge in [0.05, 0.1) is 0 Å². The molecule has 0 bridgehead atoms. The topological polar surface area (TPSA) is 50.7 Å². The van der Waals surface area contributed by atoms with Gasteiger partial charge in [0.1, 0.15) is 0 Å². The molecule has 1 atom stereocenters. The number of aromatic nitrogens is 3. The largest absolute Gasteiger partial charge is 0.319 e. The lowest BCUT2D eigenvalue weighted by atomic mass is 9.85. The zero-order valence-electron chi connectivity index (χ0n) is 12.1. The van der Waals surface area contributed by atoms with Gasteiger partial charge in [-0.1, -0.05) is 0 Å². The van der Waals surface area contributed by atoms with Crippen molar-refractivity contribution in [1.82, 2.24) is 20.3 Å². The Hall–Kier alpha value is -1.81. The van der Waals surface area contributed by atoms with Crippen LogP contribution >= 0.6 is 0 Å². The van der Waals surface area contributed by atoms with Gasteiger partial charge < -0.3 is 5.32 Å². The second-order valence-electron chi connectivity index (χ2n) is 5.46. The highest BCUT2D eigenvalue weighted by molar-refractivity contribution is 5.54. The predicted molar refractivity (Wildman–Crippen MR) is 79.4 cm³/mol. The van der Waals surface area contributed by atoms with Crippen LogP contribution in [-0.4, -0.2) is 28.5 Å². The van der Waals surface area contributed by atoms with E-state index in [1.165, 1.54) is 17.7 Å². The molecule has 0 spiro atoms. The Morgan fingerprint density at radius 3 is 2.80 bits per heavy atom. The molecule has 0 amide bonds. The molecule has 2 heterocycles. The first-order valence-electron chi connectivity index (χ1n) is 7.19. The van der Waals surface area contributed by atoms with Crippen molar-refractivity contribution in [3.63, 3.8) is 0 Å². The molecule has 1 unspecified atom stereocenters. The molecule has 4 nitrogen and oxygen atoms in total. The van der Waals surface area contributed by atoms with E-state index in [1.807, 2.05) is 19.2 Å². The summed E-state index contributed by atoms with van der Waals surface area (Å²) in [5, 5.41) is 3.28. The third-order valence-electron chi connectivity index (χ3n) is 4.01. The Balaban J connectivity index is 1.94. The molecule has 3 rings (SSSR count). The maximum absolute atomic E-state index is 4.78. The molecule has 2 aromatic heterocycles. The van der Waals surface area contributed by atoms with Crippen molar-refractivity contribution in [2.24, 2.45) is 5.92 Å². The van der Waals surface area contributed by atoms with Gasteiger partial charge >= 0.3 is 0 Å². The Morgan fingerprint density at radius 1 is 1.25 bits per heavy atom. The van der Waals surface area contributed by atoms with Crippen LogP contribution in [-0.2, 0) is 12.8 Å². The summed E-state index contributed by atoms with van der Waals surface area (Å²) >= 11 is 0. The summed E-state index contributed by atoms with van der Waals surface area (Å²) in [4.78, 5) is 13.5. The fraction of sp³-hybridized carbons (Fsp3) is 0.438. The Labute approximate surface area is 119 Å². The molecule has 0 saturated carbocycles. The van der Waals surface area contributed by atoms with Crippen molar-refractivity contribution in [2.45, 2.75) is 26.2 Å². The minimum absolute atomic E-state index is 0.710. The van der Waals surface area contributed by atoms with Gasteiger partial charge in [0.2, 0.25) is 0 Å². The highest BCUT2D eigenvalue weighted by Gasteiger charge is 2.22. The SMILES string of the molecule is CNCC1CCc2nc(-c3ccncc3)nc(C)c2C1. The average molecular weight is 268 g/mol. The first-order chi connectivity index (χ1) is 9.78. The van der Waals surface area contributed by atoms with E-state index in [4.69, 9.17) is 9.97 Å². The third kappa shape index (κ3) is 2.56. The van der Waals surface area contributed by atoms with Crippen LogP contribution in [0.4, 0.5) is 0 Å². The zero-order valence-corrected chi connectivity index (χ0v) is 12.1. The lowest BCUT2D eigenvalue weighted by Crippen LogP contribution is -2.26. The van der Waals surface area contributed by atoms with Crippen LogP contribution in [0.15, 0.2) is 24.5 Å².